The van der Waals surface area contributed by atoms with E-state index in [4.69, 9.17) is 10.5 Å². The van der Waals surface area contributed by atoms with E-state index in [1.165, 1.54) is 12.1 Å². The van der Waals surface area contributed by atoms with Crippen molar-refractivity contribution in [2.75, 3.05) is 12.0 Å². The lowest BCUT2D eigenvalue weighted by Crippen LogP contribution is -2.33. The molecule has 1 rings (SSSR count). The third-order valence-electron chi connectivity index (χ3n) is 2.36. The van der Waals surface area contributed by atoms with Crippen LogP contribution in [0.5, 0.6) is 5.75 Å². The lowest BCUT2D eigenvalue weighted by molar-refractivity contribution is -0.384. The van der Waals surface area contributed by atoms with Gasteiger partial charge in [-0.05, 0) is 0 Å². The van der Waals surface area contributed by atoms with E-state index in [1.54, 1.807) is 0 Å². The smallest absolute Gasteiger partial charge is 0.340 e. The number of hydrogen-bond acceptors (Lipinski definition) is 7. The molecule has 0 radical (unpaired) electrons. The lowest BCUT2D eigenvalue weighted by Gasteiger charge is -2.16. The summed E-state index contributed by atoms with van der Waals surface area (Å²) in [5.41, 5.74) is 0.733. The van der Waals surface area contributed by atoms with E-state index in [0.29, 0.717) is 0 Å². The quantitative estimate of drug-likeness (QED) is 0.351. The topological polar surface area (TPSA) is 124 Å². The number of nitro groups is 1. The maximum absolute atomic E-state index is 12.8. The van der Waals surface area contributed by atoms with Crippen LogP contribution in [0.15, 0.2) is 23.3 Å². The molecule has 0 saturated heterocycles. The van der Waals surface area contributed by atoms with Gasteiger partial charge in [0.1, 0.15) is 17.9 Å². The molecular formula is C12H7F4N5O3. The summed E-state index contributed by atoms with van der Waals surface area (Å²) in [6.45, 7) is -1.70. The number of hydrazone groups is 1. The van der Waals surface area contributed by atoms with Crippen LogP contribution >= 0.6 is 0 Å². The van der Waals surface area contributed by atoms with Gasteiger partial charge in [-0.1, -0.05) is 0 Å². The number of ether oxygens (including phenoxy) is 1. The first-order valence-corrected chi connectivity index (χ1v) is 5.91. The highest BCUT2D eigenvalue weighted by molar-refractivity contribution is 6.10. The number of alkyl halides is 4. The Morgan fingerprint density at radius 2 is 2.00 bits per heavy atom. The second kappa shape index (κ2) is 7.73. The number of non-ortho nitro benzene ring substituents is 1. The number of halogens is 4. The molecule has 126 valence electrons. The van der Waals surface area contributed by atoms with Crippen LogP contribution in [0.3, 0.4) is 0 Å². The van der Waals surface area contributed by atoms with Crippen molar-refractivity contribution in [3.05, 3.63) is 28.3 Å². The zero-order valence-electron chi connectivity index (χ0n) is 11.5. The third kappa shape index (κ3) is 5.10. The van der Waals surface area contributed by atoms with E-state index in [1.807, 2.05) is 0 Å². The zero-order valence-corrected chi connectivity index (χ0v) is 11.5. The molecule has 12 heteroatoms. The number of benzene rings is 1. The van der Waals surface area contributed by atoms with Crippen molar-refractivity contribution in [1.82, 2.24) is 0 Å². The molecule has 0 spiro atoms. The molecule has 0 fully saturated rings. The summed E-state index contributed by atoms with van der Waals surface area (Å²) in [5.74, 6) is -4.94. The minimum Gasteiger partial charge on any atom is -0.487 e. The molecule has 1 aromatic rings. The lowest BCUT2D eigenvalue weighted by atomic mass is 10.2. The minimum absolute atomic E-state index is 0.178. The molecular weight excluding hydrogens is 338 g/mol. The molecule has 8 nitrogen and oxygen atoms in total. The second-order valence-electron chi connectivity index (χ2n) is 4.12. The number of nitro benzene ring substituents is 1. The number of hydrogen-bond donors (Lipinski definition) is 1. The molecule has 0 saturated carbocycles. The van der Waals surface area contributed by atoms with Crippen LogP contribution in [-0.4, -0.2) is 29.6 Å². The molecule has 0 aliphatic carbocycles. The Kier molecular flexibility index (Phi) is 6.00. The molecule has 0 heterocycles. The van der Waals surface area contributed by atoms with Gasteiger partial charge in [-0.15, -0.1) is 0 Å². The average molecular weight is 345 g/mol. The Hall–Kier alpha value is -3.41. The number of anilines is 1. The molecule has 0 unspecified atom stereocenters. The van der Waals surface area contributed by atoms with E-state index in [9.17, 15) is 27.7 Å². The van der Waals surface area contributed by atoms with Crippen molar-refractivity contribution in [2.45, 2.75) is 12.3 Å². The largest absolute Gasteiger partial charge is 0.487 e. The van der Waals surface area contributed by atoms with Crippen LogP contribution in [0.2, 0.25) is 0 Å². The molecule has 0 bridgehead atoms. The summed E-state index contributed by atoms with van der Waals surface area (Å²) < 4.78 is 54.2. The molecule has 0 aliphatic rings. The van der Waals surface area contributed by atoms with Crippen LogP contribution in [0.25, 0.3) is 0 Å². The van der Waals surface area contributed by atoms with Crippen molar-refractivity contribution in [3.63, 3.8) is 0 Å². The highest BCUT2D eigenvalue weighted by Gasteiger charge is 2.41. The van der Waals surface area contributed by atoms with Gasteiger partial charge in [0.2, 0.25) is 5.71 Å². The predicted molar refractivity (Wildman–Crippen MR) is 71.8 cm³/mol. The SMILES string of the molecule is N#CC(C#N)=NNc1cc(OCC(F)(F)C(F)F)cc([N+](=O)[O-])c1. The minimum atomic E-state index is -4.44. The van der Waals surface area contributed by atoms with Crippen LogP contribution in [-0.2, 0) is 0 Å². The van der Waals surface area contributed by atoms with Gasteiger partial charge in [0, 0.05) is 12.1 Å². The van der Waals surface area contributed by atoms with Crippen LogP contribution in [0, 0.1) is 32.8 Å². The van der Waals surface area contributed by atoms with Gasteiger partial charge < -0.3 is 4.74 Å². The van der Waals surface area contributed by atoms with Crippen molar-refractivity contribution < 1.29 is 27.2 Å². The maximum atomic E-state index is 12.8. The average Bonchev–Trinajstić information content (AvgIpc) is 2.53. The first-order chi connectivity index (χ1) is 11.2. The molecule has 0 atom stereocenters. The summed E-state index contributed by atoms with van der Waals surface area (Å²) >= 11 is 0. The highest BCUT2D eigenvalue weighted by atomic mass is 19.3. The van der Waals surface area contributed by atoms with Crippen molar-refractivity contribution in [2.24, 2.45) is 5.10 Å². The molecule has 0 aromatic heterocycles. The Morgan fingerprint density at radius 1 is 1.38 bits per heavy atom. The van der Waals surface area contributed by atoms with Gasteiger partial charge in [-0.2, -0.15) is 24.4 Å². The van der Waals surface area contributed by atoms with Gasteiger partial charge in [0.05, 0.1) is 16.7 Å². The molecule has 1 aromatic carbocycles. The van der Waals surface area contributed by atoms with E-state index in [0.717, 1.165) is 18.2 Å². The second-order valence-corrected chi connectivity index (χ2v) is 4.12. The van der Waals surface area contributed by atoms with Crippen molar-refractivity contribution >= 4 is 17.1 Å². The monoisotopic (exact) mass is 345 g/mol. The van der Waals surface area contributed by atoms with Gasteiger partial charge in [0.15, 0.2) is 6.61 Å². The van der Waals surface area contributed by atoms with Crippen LogP contribution < -0.4 is 10.2 Å². The summed E-state index contributed by atoms with van der Waals surface area (Å²) in [6.07, 6.45) is -3.97. The van der Waals surface area contributed by atoms with Gasteiger partial charge in [0.25, 0.3) is 5.69 Å². The van der Waals surface area contributed by atoms with Crippen molar-refractivity contribution in [3.8, 4) is 17.9 Å². The first kappa shape index (κ1) is 18.6. The normalized spacial score (nSPS) is 10.5. The number of nitrogens with one attached hydrogen (secondary N) is 1. The first-order valence-electron chi connectivity index (χ1n) is 5.91. The van der Waals surface area contributed by atoms with Gasteiger partial charge >= 0.3 is 12.3 Å². The summed E-state index contributed by atoms with van der Waals surface area (Å²) in [4.78, 5) is 9.89. The Morgan fingerprint density at radius 3 is 2.50 bits per heavy atom. The molecule has 1 N–H and O–H groups in total. The van der Waals surface area contributed by atoms with Crippen LogP contribution in [0.1, 0.15) is 0 Å². The summed E-state index contributed by atoms with van der Waals surface area (Å²) in [5, 5.41) is 31.1. The van der Waals surface area contributed by atoms with Crippen LogP contribution in [0.4, 0.5) is 28.9 Å². The number of nitrogens with zero attached hydrogens (tertiary/aromatic N) is 4. The third-order valence-corrected chi connectivity index (χ3v) is 2.36. The Labute approximate surface area is 131 Å². The van der Waals surface area contributed by atoms with Gasteiger partial charge in [-0.3, -0.25) is 15.5 Å². The van der Waals surface area contributed by atoms with E-state index >= 15 is 0 Å². The molecule has 24 heavy (non-hydrogen) atoms. The van der Waals surface area contributed by atoms with Gasteiger partial charge in [-0.25, -0.2) is 8.78 Å². The highest BCUT2D eigenvalue weighted by Crippen LogP contribution is 2.29. The summed E-state index contributed by atoms with van der Waals surface area (Å²) in [7, 11) is 0. The van der Waals surface area contributed by atoms with E-state index < -0.39 is 41.0 Å². The number of rotatable bonds is 7. The van der Waals surface area contributed by atoms with E-state index in [-0.39, 0.29) is 5.69 Å². The summed E-state index contributed by atoms with van der Waals surface area (Å²) in [6, 6.07) is 5.42. The maximum Gasteiger partial charge on any atom is 0.340 e. The Bertz CT molecular complexity index is 723. The fourth-order valence-corrected chi connectivity index (χ4v) is 1.27. The molecule has 0 aliphatic heterocycles. The molecule has 0 amide bonds. The van der Waals surface area contributed by atoms with Crippen molar-refractivity contribution in [1.29, 1.82) is 10.5 Å². The van der Waals surface area contributed by atoms with E-state index in [2.05, 4.69) is 15.3 Å². The fraction of sp³-hybridized carbons (Fsp3) is 0.250. The number of nitriles is 2. The zero-order chi connectivity index (χ0) is 18.3. The fourth-order valence-electron chi connectivity index (χ4n) is 1.27. The standard InChI is InChI=1S/C12H7F4N5O3/c13-11(14)12(15,16)6-24-10-2-7(1-9(3-10)21(22)23)19-20-8(4-17)5-18/h1-3,11,19H,6H2. The Balaban J connectivity index is 3.05. The predicted octanol–water partition coefficient (Wildman–Crippen LogP) is 2.69.